The van der Waals surface area contributed by atoms with Crippen LogP contribution < -0.4 is 5.73 Å². The van der Waals surface area contributed by atoms with Crippen LogP contribution in [-0.2, 0) is 6.54 Å². The SMILES string of the molecule is C=C(C)Cn1c(-c2cccnc2)nc2c(N)cccc21. The minimum Gasteiger partial charge on any atom is -0.397 e. The summed E-state index contributed by atoms with van der Waals surface area (Å²) in [7, 11) is 0. The van der Waals surface area contributed by atoms with E-state index in [0.29, 0.717) is 12.2 Å². The van der Waals surface area contributed by atoms with Crippen molar-refractivity contribution in [2.45, 2.75) is 13.5 Å². The molecular formula is C16H16N4. The lowest BCUT2D eigenvalue weighted by atomic mass is 10.2. The van der Waals surface area contributed by atoms with Crippen molar-refractivity contribution >= 4 is 16.7 Å². The van der Waals surface area contributed by atoms with Crippen LogP contribution in [0.25, 0.3) is 22.4 Å². The first kappa shape index (κ1) is 12.4. The van der Waals surface area contributed by atoms with E-state index in [4.69, 9.17) is 10.7 Å². The lowest BCUT2D eigenvalue weighted by molar-refractivity contribution is 0.820. The molecule has 0 aliphatic carbocycles. The maximum absolute atomic E-state index is 6.03. The highest BCUT2D eigenvalue weighted by Crippen LogP contribution is 2.28. The molecule has 100 valence electrons. The van der Waals surface area contributed by atoms with E-state index in [1.165, 1.54) is 0 Å². The van der Waals surface area contributed by atoms with E-state index in [9.17, 15) is 0 Å². The fourth-order valence-electron chi connectivity index (χ4n) is 2.31. The first-order valence-electron chi connectivity index (χ1n) is 6.46. The Balaban J connectivity index is 2.30. The van der Waals surface area contributed by atoms with Crippen LogP contribution in [0.3, 0.4) is 0 Å². The number of rotatable bonds is 3. The van der Waals surface area contributed by atoms with Gasteiger partial charge in [-0.15, -0.1) is 0 Å². The van der Waals surface area contributed by atoms with Crippen molar-refractivity contribution in [3.05, 3.63) is 54.9 Å². The fourth-order valence-corrected chi connectivity index (χ4v) is 2.31. The average Bonchev–Trinajstić information content (AvgIpc) is 2.80. The van der Waals surface area contributed by atoms with Crippen molar-refractivity contribution in [2.75, 3.05) is 5.73 Å². The van der Waals surface area contributed by atoms with Crippen LogP contribution >= 0.6 is 0 Å². The Labute approximate surface area is 117 Å². The van der Waals surface area contributed by atoms with Crippen LogP contribution in [0.1, 0.15) is 6.92 Å². The van der Waals surface area contributed by atoms with Gasteiger partial charge in [-0.1, -0.05) is 18.2 Å². The molecule has 4 nitrogen and oxygen atoms in total. The van der Waals surface area contributed by atoms with Gasteiger partial charge in [0, 0.05) is 24.5 Å². The van der Waals surface area contributed by atoms with E-state index in [2.05, 4.69) is 16.1 Å². The number of aromatic nitrogens is 3. The minimum atomic E-state index is 0.688. The number of benzene rings is 1. The van der Waals surface area contributed by atoms with E-state index in [1.54, 1.807) is 6.20 Å². The number of nitrogens with zero attached hydrogens (tertiary/aromatic N) is 3. The number of imidazole rings is 1. The molecule has 2 heterocycles. The Bertz CT molecular complexity index is 772. The van der Waals surface area contributed by atoms with Gasteiger partial charge >= 0.3 is 0 Å². The summed E-state index contributed by atoms with van der Waals surface area (Å²) in [6.45, 7) is 6.72. The normalized spacial score (nSPS) is 10.8. The summed E-state index contributed by atoms with van der Waals surface area (Å²) in [5, 5.41) is 0. The predicted molar refractivity (Wildman–Crippen MR) is 82.2 cm³/mol. The molecule has 0 bridgehead atoms. The monoisotopic (exact) mass is 264 g/mol. The van der Waals surface area contributed by atoms with E-state index < -0.39 is 0 Å². The molecule has 3 rings (SSSR count). The zero-order chi connectivity index (χ0) is 14.1. The Hall–Kier alpha value is -2.62. The number of allylic oxidation sites excluding steroid dienone is 1. The first-order chi connectivity index (χ1) is 9.66. The topological polar surface area (TPSA) is 56.7 Å². The molecule has 0 atom stereocenters. The Morgan fingerprint density at radius 3 is 2.85 bits per heavy atom. The number of para-hydroxylation sites is 1. The fraction of sp³-hybridized carbons (Fsp3) is 0.125. The average molecular weight is 264 g/mol. The molecule has 1 aromatic carbocycles. The molecule has 0 radical (unpaired) electrons. The van der Waals surface area contributed by atoms with Crippen LogP contribution in [0, 0.1) is 0 Å². The molecule has 0 fully saturated rings. The highest BCUT2D eigenvalue weighted by Gasteiger charge is 2.14. The van der Waals surface area contributed by atoms with Gasteiger partial charge in [-0.2, -0.15) is 0 Å². The summed E-state index contributed by atoms with van der Waals surface area (Å²) in [5.74, 6) is 0.869. The van der Waals surface area contributed by atoms with Gasteiger partial charge in [-0.25, -0.2) is 4.98 Å². The summed E-state index contributed by atoms with van der Waals surface area (Å²) < 4.78 is 2.13. The second-order valence-electron chi connectivity index (χ2n) is 4.94. The Morgan fingerprint density at radius 2 is 2.15 bits per heavy atom. The maximum Gasteiger partial charge on any atom is 0.143 e. The molecule has 0 aliphatic heterocycles. The van der Waals surface area contributed by atoms with Gasteiger partial charge in [0.15, 0.2) is 0 Å². The van der Waals surface area contributed by atoms with Crippen molar-refractivity contribution in [3.63, 3.8) is 0 Å². The minimum absolute atomic E-state index is 0.688. The van der Waals surface area contributed by atoms with E-state index >= 15 is 0 Å². The van der Waals surface area contributed by atoms with Crippen molar-refractivity contribution in [1.29, 1.82) is 0 Å². The highest BCUT2D eigenvalue weighted by atomic mass is 15.1. The molecule has 0 saturated carbocycles. The Morgan fingerprint density at radius 1 is 1.30 bits per heavy atom. The van der Waals surface area contributed by atoms with Gasteiger partial charge in [0.2, 0.25) is 0 Å². The van der Waals surface area contributed by atoms with Crippen molar-refractivity contribution < 1.29 is 0 Å². The smallest absolute Gasteiger partial charge is 0.143 e. The molecule has 3 aromatic rings. The zero-order valence-corrected chi connectivity index (χ0v) is 11.4. The van der Waals surface area contributed by atoms with Gasteiger partial charge in [-0.3, -0.25) is 4.98 Å². The number of pyridine rings is 1. The van der Waals surface area contributed by atoms with Gasteiger partial charge in [0.25, 0.3) is 0 Å². The summed E-state index contributed by atoms with van der Waals surface area (Å²) in [6.07, 6.45) is 3.57. The van der Waals surface area contributed by atoms with Crippen LogP contribution in [-0.4, -0.2) is 14.5 Å². The standard InChI is InChI=1S/C16H16N4/c1-11(2)10-20-14-7-3-6-13(17)15(14)19-16(20)12-5-4-8-18-9-12/h3-9H,1,10,17H2,2H3. The van der Waals surface area contributed by atoms with Gasteiger partial charge in [0.1, 0.15) is 11.3 Å². The second-order valence-corrected chi connectivity index (χ2v) is 4.94. The number of anilines is 1. The van der Waals surface area contributed by atoms with Crippen LogP contribution in [0.2, 0.25) is 0 Å². The van der Waals surface area contributed by atoms with E-state index in [1.807, 2.05) is 43.5 Å². The number of hydrogen-bond acceptors (Lipinski definition) is 3. The lowest BCUT2D eigenvalue weighted by Gasteiger charge is -2.08. The van der Waals surface area contributed by atoms with Crippen molar-refractivity contribution in [2.24, 2.45) is 0 Å². The third-order valence-electron chi connectivity index (χ3n) is 3.16. The number of nitrogen functional groups attached to an aromatic ring is 1. The third-order valence-corrected chi connectivity index (χ3v) is 3.16. The summed E-state index contributed by atoms with van der Waals surface area (Å²) in [4.78, 5) is 8.86. The van der Waals surface area contributed by atoms with Crippen molar-refractivity contribution in [3.8, 4) is 11.4 Å². The molecule has 0 spiro atoms. The largest absolute Gasteiger partial charge is 0.397 e. The van der Waals surface area contributed by atoms with Gasteiger partial charge in [0.05, 0.1) is 11.2 Å². The highest BCUT2D eigenvalue weighted by molar-refractivity contribution is 5.90. The molecule has 20 heavy (non-hydrogen) atoms. The molecule has 0 unspecified atom stereocenters. The Kier molecular flexibility index (Phi) is 2.99. The summed E-state index contributed by atoms with van der Waals surface area (Å²) in [5.41, 5.74) is 10.6. The molecule has 4 heteroatoms. The lowest BCUT2D eigenvalue weighted by Crippen LogP contribution is -2.01. The molecule has 0 aliphatic rings. The van der Waals surface area contributed by atoms with Gasteiger partial charge in [-0.05, 0) is 31.2 Å². The van der Waals surface area contributed by atoms with E-state index in [-0.39, 0.29) is 0 Å². The number of nitrogens with two attached hydrogens (primary N) is 1. The van der Waals surface area contributed by atoms with Crippen LogP contribution in [0.4, 0.5) is 5.69 Å². The summed E-state index contributed by atoms with van der Waals surface area (Å²) in [6, 6.07) is 9.75. The van der Waals surface area contributed by atoms with Gasteiger partial charge < -0.3 is 10.3 Å². The zero-order valence-electron chi connectivity index (χ0n) is 11.4. The van der Waals surface area contributed by atoms with E-state index in [0.717, 1.165) is 28.0 Å². The third kappa shape index (κ3) is 2.05. The van der Waals surface area contributed by atoms with Crippen molar-refractivity contribution in [1.82, 2.24) is 14.5 Å². The molecule has 0 saturated heterocycles. The second kappa shape index (κ2) is 4.81. The number of fused-ring (bicyclic) bond motifs is 1. The van der Waals surface area contributed by atoms with Crippen LogP contribution in [0.5, 0.6) is 0 Å². The molecular weight excluding hydrogens is 248 g/mol. The molecule has 2 aromatic heterocycles. The predicted octanol–water partition coefficient (Wildman–Crippen LogP) is 3.26. The summed E-state index contributed by atoms with van der Waals surface area (Å²) >= 11 is 0. The first-order valence-corrected chi connectivity index (χ1v) is 6.46. The maximum atomic E-state index is 6.03. The van der Waals surface area contributed by atoms with Crippen LogP contribution in [0.15, 0.2) is 54.9 Å². The quantitative estimate of drug-likeness (QED) is 0.583. The number of hydrogen-bond donors (Lipinski definition) is 1. The molecule has 2 N–H and O–H groups in total. The molecule has 0 amide bonds.